The largest absolute Gasteiger partial charge is 0.356 e. The molecule has 1 aliphatic heterocycles. The third-order valence-electron chi connectivity index (χ3n) is 4.43. The summed E-state index contributed by atoms with van der Waals surface area (Å²) in [6, 6.07) is 5.85. The number of hydrogen-bond donors (Lipinski definition) is 0. The summed E-state index contributed by atoms with van der Waals surface area (Å²) in [7, 11) is 3.77. The van der Waals surface area contributed by atoms with Crippen LogP contribution in [0.15, 0.2) is 29.3 Å². The molecule has 0 aliphatic carbocycles. The van der Waals surface area contributed by atoms with Crippen molar-refractivity contribution in [3.05, 3.63) is 40.6 Å². The molecule has 0 N–H and O–H groups in total. The van der Waals surface area contributed by atoms with Gasteiger partial charge < -0.3 is 9.80 Å². The van der Waals surface area contributed by atoms with Crippen molar-refractivity contribution in [2.24, 2.45) is 7.05 Å². The molecule has 2 aromatic heterocycles. The van der Waals surface area contributed by atoms with Crippen LogP contribution in [0.5, 0.6) is 0 Å². The van der Waals surface area contributed by atoms with Crippen LogP contribution in [0.4, 0.5) is 11.6 Å². The summed E-state index contributed by atoms with van der Waals surface area (Å²) in [5.74, 6) is 1.84. The molecule has 0 aromatic carbocycles. The highest BCUT2D eigenvalue weighted by Crippen LogP contribution is 2.22. The SMILES string of the molecule is Cc1cc(N(C)C2CCN(c3ccc(=O)n(C)n3)CC2)ncn1. The van der Waals surface area contributed by atoms with Crippen LogP contribution in [0.1, 0.15) is 18.5 Å². The maximum Gasteiger partial charge on any atom is 0.266 e. The highest BCUT2D eigenvalue weighted by Gasteiger charge is 2.24. The van der Waals surface area contributed by atoms with Gasteiger partial charge in [-0.2, -0.15) is 5.10 Å². The van der Waals surface area contributed by atoms with E-state index in [1.807, 2.05) is 13.0 Å². The van der Waals surface area contributed by atoms with Crippen molar-refractivity contribution in [3.8, 4) is 0 Å². The first-order chi connectivity index (χ1) is 11.0. The lowest BCUT2D eigenvalue weighted by Gasteiger charge is -2.37. The lowest BCUT2D eigenvalue weighted by molar-refractivity contribution is 0.474. The van der Waals surface area contributed by atoms with Crippen LogP contribution in [0.2, 0.25) is 0 Å². The third-order valence-corrected chi connectivity index (χ3v) is 4.43. The zero-order valence-electron chi connectivity index (χ0n) is 13.8. The summed E-state index contributed by atoms with van der Waals surface area (Å²) in [6.07, 6.45) is 3.68. The van der Waals surface area contributed by atoms with Gasteiger partial charge in [0.1, 0.15) is 18.0 Å². The van der Waals surface area contributed by atoms with Gasteiger partial charge in [-0.25, -0.2) is 14.6 Å². The number of hydrogen-bond acceptors (Lipinski definition) is 6. The maximum atomic E-state index is 11.4. The van der Waals surface area contributed by atoms with Crippen LogP contribution in [-0.2, 0) is 7.05 Å². The monoisotopic (exact) mass is 314 g/mol. The van der Waals surface area contributed by atoms with Gasteiger partial charge in [0.2, 0.25) is 0 Å². The zero-order chi connectivity index (χ0) is 16.4. The van der Waals surface area contributed by atoms with Gasteiger partial charge in [-0.3, -0.25) is 4.79 Å². The number of aryl methyl sites for hydroxylation is 2. The van der Waals surface area contributed by atoms with E-state index >= 15 is 0 Å². The van der Waals surface area contributed by atoms with Gasteiger partial charge in [0.25, 0.3) is 5.56 Å². The van der Waals surface area contributed by atoms with Crippen molar-refractivity contribution >= 4 is 11.6 Å². The Morgan fingerprint density at radius 1 is 1.22 bits per heavy atom. The Labute approximate surface area is 135 Å². The van der Waals surface area contributed by atoms with Gasteiger partial charge in [0.15, 0.2) is 0 Å². The van der Waals surface area contributed by atoms with Gasteiger partial charge in [-0.05, 0) is 25.8 Å². The molecule has 0 atom stereocenters. The number of piperidine rings is 1. The summed E-state index contributed by atoms with van der Waals surface area (Å²) in [5.41, 5.74) is 0.899. The van der Waals surface area contributed by atoms with Crippen molar-refractivity contribution in [2.75, 3.05) is 29.9 Å². The smallest absolute Gasteiger partial charge is 0.266 e. The summed E-state index contributed by atoms with van der Waals surface area (Å²) < 4.78 is 1.39. The van der Waals surface area contributed by atoms with Crippen LogP contribution >= 0.6 is 0 Å². The fraction of sp³-hybridized carbons (Fsp3) is 0.500. The van der Waals surface area contributed by atoms with E-state index in [2.05, 4.69) is 31.9 Å². The quantitative estimate of drug-likeness (QED) is 0.841. The van der Waals surface area contributed by atoms with Crippen molar-refractivity contribution in [2.45, 2.75) is 25.8 Å². The van der Waals surface area contributed by atoms with Gasteiger partial charge >= 0.3 is 0 Å². The molecule has 0 unspecified atom stereocenters. The first-order valence-corrected chi connectivity index (χ1v) is 7.85. The van der Waals surface area contributed by atoms with Crippen LogP contribution in [-0.4, -0.2) is 45.9 Å². The minimum atomic E-state index is -0.0810. The predicted octanol–water partition coefficient (Wildman–Crippen LogP) is 0.984. The first kappa shape index (κ1) is 15.5. The highest BCUT2D eigenvalue weighted by atomic mass is 16.1. The summed E-state index contributed by atoms with van der Waals surface area (Å²) >= 11 is 0. The first-order valence-electron chi connectivity index (χ1n) is 7.85. The van der Waals surface area contributed by atoms with Gasteiger partial charge in [-0.1, -0.05) is 0 Å². The van der Waals surface area contributed by atoms with Crippen molar-refractivity contribution < 1.29 is 0 Å². The Morgan fingerprint density at radius 3 is 2.61 bits per heavy atom. The lowest BCUT2D eigenvalue weighted by atomic mass is 10.0. The Balaban J connectivity index is 1.66. The molecule has 1 fully saturated rings. The molecule has 0 bridgehead atoms. The Kier molecular flexibility index (Phi) is 4.27. The topological polar surface area (TPSA) is 67.2 Å². The molecule has 7 heteroatoms. The highest BCUT2D eigenvalue weighted by molar-refractivity contribution is 5.41. The summed E-state index contributed by atoms with van der Waals surface area (Å²) in [5, 5.41) is 4.33. The number of anilines is 2. The van der Waals surface area contributed by atoms with E-state index in [0.717, 1.165) is 43.3 Å². The van der Waals surface area contributed by atoms with E-state index in [1.165, 1.54) is 4.68 Å². The van der Waals surface area contributed by atoms with Crippen LogP contribution in [0.25, 0.3) is 0 Å². The second-order valence-corrected chi connectivity index (χ2v) is 6.00. The average Bonchev–Trinajstić information content (AvgIpc) is 2.57. The van der Waals surface area contributed by atoms with Crippen molar-refractivity contribution in [3.63, 3.8) is 0 Å². The molecular weight excluding hydrogens is 292 g/mol. The molecule has 7 nitrogen and oxygen atoms in total. The standard InChI is InChI=1S/C16H22N6O/c1-12-10-15(18-11-17-12)20(2)13-6-8-22(9-7-13)14-4-5-16(23)21(3)19-14/h4-5,10-11,13H,6-9H2,1-3H3. The summed E-state index contributed by atoms with van der Waals surface area (Å²) in [6.45, 7) is 3.82. The minimum absolute atomic E-state index is 0.0810. The third kappa shape index (κ3) is 3.33. The molecule has 23 heavy (non-hydrogen) atoms. The molecule has 0 spiro atoms. The van der Waals surface area contributed by atoms with Crippen LogP contribution in [0, 0.1) is 6.92 Å². The lowest BCUT2D eigenvalue weighted by Crippen LogP contribution is -2.44. The fourth-order valence-electron chi connectivity index (χ4n) is 2.96. The molecule has 1 saturated heterocycles. The fourth-order valence-corrected chi connectivity index (χ4v) is 2.96. The second-order valence-electron chi connectivity index (χ2n) is 6.00. The van der Waals surface area contributed by atoms with Gasteiger partial charge in [0.05, 0.1) is 0 Å². The molecule has 1 aliphatic rings. The Bertz CT molecular complexity index is 735. The van der Waals surface area contributed by atoms with E-state index in [-0.39, 0.29) is 5.56 Å². The molecule has 122 valence electrons. The van der Waals surface area contributed by atoms with Crippen LogP contribution < -0.4 is 15.4 Å². The molecule has 0 amide bonds. The van der Waals surface area contributed by atoms with Gasteiger partial charge in [0, 0.05) is 51.1 Å². The predicted molar refractivity (Wildman–Crippen MR) is 89.9 cm³/mol. The van der Waals surface area contributed by atoms with E-state index in [4.69, 9.17) is 0 Å². The number of nitrogens with zero attached hydrogens (tertiary/aromatic N) is 6. The van der Waals surface area contributed by atoms with E-state index in [9.17, 15) is 4.79 Å². The number of rotatable bonds is 3. The van der Waals surface area contributed by atoms with E-state index in [1.54, 1.807) is 25.5 Å². The van der Waals surface area contributed by atoms with E-state index in [0.29, 0.717) is 6.04 Å². The molecule has 0 saturated carbocycles. The van der Waals surface area contributed by atoms with Crippen molar-refractivity contribution in [1.29, 1.82) is 0 Å². The molecule has 3 heterocycles. The second kappa shape index (κ2) is 6.36. The Morgan fingerprint density at radius 2 is 1.96 bits per heavy atom. The summed E-state index contributed by atoms with van der Waals surface area (Å²) in [4.78, 5) is 24.4. The average molecular weight is 314 g/mol. The maximum absolute atomic E-state index is 11.4. The molecule has 0 radical (unpaired) electrons. The molecule has 2 aromatic rings. The van der Waals surface area contributed by atoms with Crippen LogP contribution in [0.3, 0.4) is 0 Å². The Hall–Kier alpha value is -2.44. The zero-order valence-corrected chi connectivity index (χ0v) is 13.8. The molecule has 3 rings (SSSR count). The number of aromatic nitrogens is 4. The molecular formula is C16H22N6O. The van der Waals surface area contributed by atoms with Crippen molar-refractivity contribution in [1.82, 2.24) is 19.7 Å². The normalized spacial score (nSPS) is 15.7. The van der Waals surface area contributed by atoms with Gasteiger partial charge in [-0.15, -0.1) is 0 Å². The van der Waals surface area contributed by atoms with E-state index < -0.39 is 0 Å². The minimum Gasteiger partial charge on any atom is -0.356 e.